The average molecular weight is 560 g/mol. The number of hydrogen-bond donors (Lipinski definition) is 3. The van der Waals surface area contributed by atoms with Gasteiger partial charge in [-0.1, -0.05) is 48.9 Å². The van der Waals surface area contributed by atoms with Gasteiger partial charge in [0.2, 0.25) is 5.91 Å². The SMILES string of the molecule is Cc1ccc(C(C(=O)Nc2c(C)cccc2Cl)N(C(=O)C(CS)NC(=O)OC(C)(C)C)C2CC2C)cc1C. The second-order valence-corrected chi connectivity index (χ2v) is 11.8. The molecule has 0 radical (unpaired) electrons. The van der Waals surface area contributed by atoms with Crippen LogP contribution in [0.25, 0.3) is 0 Å². The van der Waals surface area contributed by atoms with Crippen molar-refractivity contribution in [3.8, 4) is 0 Å². The van der Waals surface area contributed by atoms with Gasteiger partial charge in [0.1, 0.15) is 17.7 Å². The van der Waals surface area contributed by atoms with Gasteiger partial charge in [0.15, 0.2) is 0 Å². The zero-order valence-electron chi connectivity index (χ0n) is 23.1. The van der Waals surface area contributed by atoms with Crippen LogP contribution >= 0.6 is 24.2 Å². The molecule has 3 rings (SSSR count). The third-order valence-electron chi connectivity index (χ3n) is 6.69. The Balaban J connectivity index is 2.04. The number of thiol groups is 1. The highest BCUT2D eigenvalue weighted by atomic mass is 35.5. The molecular weight excluding hydrogens is 522 g/mol. The zero-order chi connectivity index (χ0) is 28.4. The van der Waals surface area contributed by atoms with E-state index in [1.165, 1.54) is 0 Å². The van der Waals surface area contributed by atoms with Crippen LogP contribution in [0, 0.1) is 26.7 Å². The molecule has 2 aromatic carbocycles. The molecule has 1 saturated carbocycles. The summed E-state index contributed by atoms with van der Waals surface area (Å²) in [6, 6.07) is 9.03. The van der Waals surface area contributed by atoms with E-state index in [0.717, 1.165) is 23.1 Å². The number of benzene rings is 2. The number of ether oxygens (including phenoxy) is 1. The number of amides is 3. The standard InChI is InChI=1S/C29H38ClN3O4S/c1-16-11-12-20(13-18(16)3)25(26(34)32-24-17(2)9-8-10-21(24)30)33(23-14-19(23)4)27(35)22(15-38)31-28(36)37-29(5,6)7/h8-13,19,22-23,25,38H,14-15H2,1-7H3,(H,31,36)(H,32,34). The zero-order valence-corrected chi connectivity index (χ0v) is 24.7. The molecule has 0 saturated heterocycles. The minimum Gasteiger partial charge on any atom is -0.444 e. The summed E-state index contributed by atoms with van der Waals surface area (Å²) in [7, 11) is 0. The Hall–Kier alpha value is -2.71. The molecule has 1 aliphatic carbocycles. The van der Waals surface area contributed by atoms with E-state index in [4.69, 9.17) is 16.3 Å². The minimum absolute atomic E-state index is 0.0422. The van der Waals surface area contributed by atoms with Gasteiger partial charge in [-0.15, -0.1) is 0 Å². The topological polar surface area (TPSA) is 87.7 Å². The fraction of sp³-hybridized carbons (Fsp3) is 0.483. The first-order valence-electron chi connectivity index (χ1n) is 12.8. The van der Waals surface area contributed by atoms with Crippen molar-refractivity contribution in [2.24, 2.45) is 5.92 Å². The highest BCUT2D eigenvalue weighted by Gasteiger charge is 2.48. The molecule has 3 amide bonds. The first kappa shape index (κ1) is 29.8. The predicted molar refractivity (Wildman–Crippen MR) is 155 cm³/mol. The summed E-state index contributed by atoms with van der Waals surface area (Å²) < 4.78 is 5.38. The molecule has 7 nitrogen and oxygen atoms in total. The number of hydrogen-bond acceptors (Lipinski definition) is 5. The highest BCUT2D eigenvalue weighted by Crippen LogP contribution is 2.41. The first-order valence-corrected chi connectivity index (χ1v) is 13.8. The van der Waals surface area contributed by atoms with Crippen LogP contribution in [0.2, 0.25) is 5.02 Å². The van der Waals surface area contributed by atoms with Gasteiger partial charge in [0.05, 0.1) is 10.7 Å². The summed E-state index contributed by atoms with van der Waals surface area (Å²) in [5.74, 6) is -0.535. The van der Waals surface area contributed by atoms with Gasteiger partial charge in [-0.3, -0.25) is 9.59 Å². The Morgan fingerprint density at radius 2 is 1.76 bits per heavy atom. The average Bonchev–Trinajstić information content (AvgIpc) is 3.54. The van der Waals surface area contributed by atoms with E-state index in [9.17, 15) is 14.4 Å². The van der Waals surface area contributed by atoms with E-state index in [-0.39, 0.29) is 23.6 Å². The van der Waals surface area contributed by atoms with Crippen molar-refractivity contribution in [3.63, 3.8) is 0 Å². The van der Waals surface area contributed by atoms with E-state index in [1.807, 2.05) is 58.0 Å². The number of rotatable bonds is 8. The van der Waals surface area contributed by atoms with Crippen LogP contribution in [0.4, 0.5) is 10.5 Å². The van der Waals surface area contributed by atoms with E-state index >= 15 is 0 Å². The normalized spacial score (nSPS) is 18.2. The molecule has 1 aliphatic rings. The Labute approximate surface area is 236 Å². The Morgan fingerprint density at radius 3 is 2.29 bits per heavy atom. The number of anilines is 1. The number of nitrogens with one attached hydrogen (secondary N) is 2. The molecule has 0 aromatic heterocycles. The van der Waals surface area contributed by atoms with Crippen LogP contribution in [0.5, 0.6) is 0 Å². The van der Waals surface area contributed by atoms with Crippen LogP contribution in [-0.4, -0.2) is 46.2 Å². The fourth-order valence-corrected chi connectivity index (χ4v) is 4.86. The molecule has 0 spiro atoms. The fourth-order valence-electron chi connectivity index (χ4n) is 4.34. The van der Waals surface area contributed by atoms with Crippen LogP contribution in [-0.2, 0) is 14.3 Å². The van der Waals surface area contributed by atoms with Crippen molar-refractivity contribution in [2.45, 2.75) is 78.6 Å². The monoisotopic (exact) mass is 559 g/mol. The summed E-state index contributed by atoms with van der Waals surface area (Å²) in [5, 5.41) is 6.04. The lowest BCUT2D eigenvalue weighted by atomic mass is 9.98. The molecule has 38 heavy (non-hydrogen) atoms. The smallest absolute Gasteiger partial charge is 0.408 e. The summed E-state index contributed by atoms with van der Waals surface area (Å²) >= 11 is 10.8. The van der Waals surface area contributed by atoms with Crippen LogP contribution in [0.3, 0.4) is 0 Å². The predicted octanol–water partition coefficient (Wildman–Crippen LogP) is 6.01. The maximum atomic E-state index is 14.1. The quantitative estimate of drug-likeness (QED) is 0.346. The molecule has 2 aromatic rings. The number of halogens is 1. The Morgan fingerprint density at radius 1 is 1.11 bits per heavy atom. The van der Waals surface area contributed by atoms with Crippen molar-refractivity contribution in [1.82, 2.24) is 10.2 Å². The highest BCUT2D eigenvalue weighted by molar-refractivity contribution is 7.80. The van der Waals surface area contributed by atoms with E-state index in [2.05, 4.69) is 23.3 Å². The van der Waals surface area contributed by atoms with Crippen molar-refractivity contribution in [1.29, 1.82) is 0 Å². The third kappa shape index (κ3) is 7.23. The van der Waals surface area contributed by atoms with Crippen molar-refractivity contribution < 1.29 is 19.1 Å². The largest absolute Gasteiger partial charge is 0.444 e. The molecular formula is C29H38ClN3O4S. The van der Waals surface area contributed by atoms with E-state index < -0.39 is 29.7 Å². The molecule has 206 valence electrons. The lowest BCUT2D eigenvalue weighted by Crippen LogP contribution is -2.54. The molecule has 0 aliphatic heterocycles. The minimum atomic E-state index is -0.982. The Kier molecular flexibility index (Phi) is 9.42. The summed E-state index contributed by atoms with van der Waals surface area (Å²) in [6.07, 6.45) is 0.0320. The summed E-state index contributed by atoms with van der Waals surface area (Å²) in [6.45, 7) is 13.1. The molecule has 4 unspecified atom stereocenters. The second kappa shape index (κ2) is 12.0. The third-order valence-corrected chi connectivity index (χ3v) is 7.37. The van der Waals surface area contributed by atoms with Gasteiger partial charge in [0.25, 0.3) is 5.91 Å². The number of carbonyl (C=O) groups is 3. The molecule has 1 fully saturated rings. The van der Waals surface area contributed by atoms with Gasteiger partial charge >= 0.3 is 6.09 Å². The van der Waals surface area contributed by atoms with Crippen LogP contribution in [0.15, 0.2) is 36.4 Å². The molecule has 0 heterocycles. The first-order chi connectivity index (χ1) is 17.7. The number of alkyl carbamates (subject to hydrolysis) is 1. The summed E-state index contributed by atoms with van der Waals surface area (Å²) in [4.78, 5) is 42.2. The second-order valence-electron chi connectivity index (χ2n) is 11.1. The number of carbonyl (C=O) groups excluding carboxylic acids is 3. The van der Waals surface area contributed by atoms with Gasteiger partial charge in [-0.05, 0) is 82.2 Å². The summed E-state index contributed by atoms with van der Waals surface area (Å²) in [5.41, 5.74) is 3.34. The lowest BCUT2D eigenvalue weighted by Gasteiger charge is -2.35. The molecule has 9 heteroatoms. The van der Waals surface area contributed by atoms with Crippen LogP contribution in [0.1, 0.15) is 62.4 Å². The molecule has 4 atom stereocenters. The Bertz CT molecular complexity index is 1190. The van der Waals surface area contributed by atoms with Gasteiger partial charge < -0.3 is 20.3 Å². The van der Waals surface area contributed by atoms with Crippen molar-refractivity contribution in [2.75, 3.05) is 11.1 Å². The molecule has 2 N–H and O–H groups in total. The number of aryl methyl sites for hydroxylation is 3. The maximum Gasteiger partial charge on any atom is 0.408 e. The van der Waals surface area contributed by atoms with Gasteiger partial charge in [0, 0.05) is 11.8 Å². The van der Waals surface area contributed by atoms with Gasteiger partial charge in [-0.2, -0.15) is 12.6 Å². The molecule has 0 bridgehead atoms. The van der Waals surface area contributed by atoms with Crippen molar-refractivity contribution in [3.05, 3.63) is 63.7 Å². The van der Waals surface area contributed by atoms with E-state index in [0.29, 0.717) is 16.3 Å². The number of para-hydroxylation sites is 1. The maximum absolute atomic E-state index is 14.1. The van der Waals surface area contributed by atoms with Crippen molar-refractivity contribution >= 4 is 47.8 Å². The number of nitrogens with zero attached hydrogens (tertiary/aromatic N) is 1. The van der Waals surface area contributed by atoms with E-state index in [1.54, 1.807) is 31.7 Å². The van der Waals surface area contributed by atoms with Gasteiger partial charge in [-0.25, -0.2) is 4.79 Å². The van der Waals surface area contributed by atoms with Crippen LogP contribution < -0.4 is 10.6 Å². The lowest BCUT2D eigenvalue weighted by molar-refractivity contribution is -0.141.